The molecule has 1 amide bonds. The Hall–Kier alpha value is -1.43. The number of amides is 1. The first-order valence-electron chi connectivity index (χ1n) is 8.75. The Morgan fingerprint density at radius 1 is 1.21 bits per heavy atom. The lowest BCUT2D eigenvalue weighted by Crippen LogP contribution is -2.36. The molecule has 24 heavy (non-hydrogen) atoms. The summed E-state index contributed by atoms with van der Waals surface area (Å²) in [5, 5.41) is 21.3. The standard InChI is InChI=1S/C19H30N2O3/c1-19(2,14-23)13-20-18(24)17-5-3-15(4-6-17)11-21-9-7-16(12-22)8-10-21/h3-6,16,22-23H,7-14H2,1-2H3,(H,20,24). The van der Waals surface area contributed by atoms with Crippen LogP contribution in [0.5, 0.6) is 0 Å². The van der Waals surface area contributed by atoms with Crippen LogP contribution in [0, 0.1) is 11.3 Å². The zero-order valence-corrected chi connectivity index (χ0v) is 14.8. The van der Waals surface area contributed by atoms with Gasteiger partial charge < -0.3 is 15.5 Å². The number of carbonyl (C=O) groups is 1. The average Bonchev–Trinajstić information content (AvgIpc) is 2.61. The molecule has 1 fully saturated rings. The van der Waals surface area contributed by atoms with E-state index in [4.69, 9.17) is 0 Å². The molecule has 0 atom stereocenters. The van der Waals surface area contributed by atoms with E-state index < -0.39 is 0 Å². The van der Waals surface area contributed by atoms with E-state index in [1.807, 2.05) is 38.1 Å². The van der Waals surface area contributed by atoms with Gasteiger partial charge in [-0.15, -0.1) is 0 Å². The van der Waals surface area contributed by atoms with Crippen LogP contribution in [0.4, 0.5) is 0 Å². The number of likely N-dealkylation sites (tertiary alicyclic amines) is 1. The molecule has 1 aromatic rings. The number of hydrogen-bond acceptors (Lipinski definition) is 4. The van der Waals surface area contributed by atoms with Gasteiger partial charge in [0.1, 0.15) is 0 Å². The highest BCUT2D eigenvalue weighted by Gasteiger charge is 2.19. The average molecular weight is 334 g/mol. The summed E-state index contributed by atoms with van der Waals surface area (Å²) in [4.78, 5) is 14.5. The molecule has 1 saturated heterocycles. The fourth-order valence-electron chi connectivity index (χ4n) is 2.82. The molecule has 0 saturated carbocycles. The summed E-state index contributed by atoms with van der Waals surface area (Å²) in [5.41, 5.74) is 1.53. The number of nitrogens with one attached hydrogen (secondary N) is 1. The lowest BCUT2D eigenvalue weighted by Gasteiger charge is -2.31. The third kappa shape index (κ3) is 5.58. The molecule has 134 valence electrons. The Labute approximate surface area is 144 Å². The molecule has 0 spiro atoms. The quantitative estimate of drug-likeness (QED) is 0.709. The number of nitrogens with zero attached hydrogens (tertiary/aromatic N) is 1. The van der Waals surface area contributed by atoms with Crippen LogP contribution in [0.15, 0.2) is 24.3 Å². The van der Waals surface area contributed by atoms with Crippen molar-refractivity contribution in [1.82, 2.24) is 10.2 Å². The molecule has 5 heteroatoms. The smallest absolute Gasteiger partial charge is 0.251 e. The molecule has 3 N–H and O–H groups in total. The minimum Gasteiger partial charge on any atom is -0.396 e. The lowest BCUT2D eigenvalue weighted by atomic mass is 9.95. The van der Waals surface area contributed by atoms with Crippen LogP contribution in [0.25, 0.3) is 0 Å². The molecule has 2 rings (SSSR count). The van der Waals surface area contributed by atoms with Crippen molar-refractivity contribution in [1.29, 1.82) is 0 Å². The Balaban J connectivity index is 1.83. The summed E-state index contributed by atoms with van der Waals surface area (Å²) in [7, 11) is 0. The second kappa shape index (κ2) is 8.60. The summed E-state index contributed by atoms with van der Waals surface area (Å²) in [6, 6.07) is 7.72. The van der Waals surface area contributed by atoms with Crippen molar-refractivity contribution in [2.75, 3.05) is 32.8 Å². The highest BCUT2D eigenvalue weighted by atomic mass is 16.3. The molecule has 5 nitrogen and oxygen atoms in total. The highest BCUT2D eigenvalue weighted by molar-refractivity contribution is 5.94. The molecule has 1 aliphatic heterocycles. The monoisotopic (exact) mass is 334 g/mol. The topological polar surface area (TPSA) is 72.8 Å². The highest BCUT2D eigenvalue weighted by Crippen LogP contribution is 2.18. The van der Waals surface area contributed by atoms with Crippen molar-refractivity contribution >= 4 is 5.91 Å². The third-order valence-corrected chi connectivity index (χ3v) is 4.74. The van der Waals surface area contributed by atoms with E-state index in [9.17, 15) is 15.0 Å². The Bertz CT molecular complexity index is 520. The van der Waals surface area contributed by atoms with Gasteiger partial charge in [-0.05, 0) is 49.5 Å². The van der Waals surface area contributed by atoms with Gasteiger partial charge in [-0.25, -0.2) is 0 Å². The van der Waals surface area contributed by atoms with E-state index in [0.717, 1.165) is 32.5 Å². The number of aliphatic hydroxyl groups is 2. The first-order chi connectivity index (χ1) is 11.4. The molecular weight excluding hydrogens is 304 g/mol. The summed E-state index contributed by atoms with van der Waals surface area (Å²) >= 11 is 0. The van der Waals surface area contributed by atoms with Crippen molar-refractivity contribution in [3.63, 3.8) is 0 Å². The first-order valence-corrected chi connectivity index (χ1v) is 8.75. The molecule has 0 aliphatic carbocycles. The summed E-state index contributed by atoms with van der Waals surface area (Å²) < 4.78 is 0. The van der Waals surface area contributed by atoms with Crippen LogP contribution in [0.2, 0.25) is 0 Å². The molecule has 1 aromatic carbocycles. The van der Waals surface area contributed by atoms with E-state index >= 15 is 0 Å². The number of hydrogen-bond donors (Lipinski definition) is 3. The predicted octanol–water partition coefficient (Wildman–Crippen LogP) is 1.64. The van der Waals surface area contributed by atoms with Crippen LogP contribution >= 0.6 is 0 Å². The van der Waals surface area contributed by atoms with E-state index in [2.05, 4.69) is 10.2 Å². The Morgan fingerprint density at radius 3 is 2.38 bits per heavy atom. The molecule has 0 aromatic heterocycles. The van der Waals surface area contributed by atoms with Gasteiger partial charge in [0, 0.05) is 37.3 Å². The van der Waals surface area contributed by atoms with Crippen LogP contribution in [0.1, 0.15) is 42.6 Å². The van der Waals surface area contributed by atoms with E-state index in [0.29, 0.717) is 24.6 Å². The second-order valence-corrected chi connectivity index (χ2v) is 7.60. The maximum atomic E-state index is 12.2. The lowest BCUT2D eigenvalue weighted by molar-refractivity contribution is 0.0911. The zero-order valence-electron chi connectivity index (χ0n) is 14.8. The maximum absolute atomic E-state index is 12.2. The van der Waals surface area contributed by atoms with Gasteiger partial charge >= 0.3 is 0 Å². The van der Waals surface area contributed by atoms with Crippen molar-refractivity contribution in [2.45, 2.75) is 33.2 Å². The van der Waals surface area contributed by atoms with Gasteiger partial charge in [0.25, 0.3) is 5.91 Å². The first kappa shape index (κ1) is 18.9. The Kier molecular flexibility index (Phi) is 6.78. The summed E-state index contributed by atoms with van der Waals surface area (Å²) in [6.45, 7) is 7.53. The minimum absolute atomic E-state index is 0.0409. The molecule has 0 bridgehead atoms. The molecule has 1 heterocycles. The second-order valence-electron chi connectivity index (χ2n) is 7.60. The van der Waals surface area contributed by atoms with E-state index in [1.54, 1.807) is 0 Å². The predicted molar refractivity (Wildman–Crippen MR) is 94.7 cm³/mol. The number of piperidine rings is 1. The van der Waals surface area contributed by atoms with Gasteiger partial charge in [0.05, 0.1) is 0 Å². The van der Waals surface area contributed by atoms with E-state index in [1.165, 1.54) is 5.56 Å². The van der Waals surface area contributed by atoms with E-state index in [-0.39, 0.29) is 17.9 Å². The number of rotatable bonds is 7. The van der Waals surface area contributed by atoms with Gasteiger partial charge in [-0.2, -0.15) is 0 Å². The number of aliphatic hydroxyl groups excluding tert-OH is 2. The summed E-state index contributed by atoms with van der Waals surface area (Å²) in [5.74, 6) is 0.349. The number of benzene rings is 1. The SMILES string of the molecule is CC(C)(CO)CNC(=O)c1ccc(CN2CCC(CO)CC2)cc1. The van der Waals surface area contributed by atoms with Crippen molar-refractivity contribution in [3.8, 4) is 0 Å². The van der Waals surface area contributed by atoms with Gasteiger partial charge in [0.15, 0.2) is 0 Å². The normalized spacial score (nSPS) is 17.0. The largest absolute Gasteiger partial charge is 0.396 e. The number of carbonyl (C=O) groups excluding carboxylic acids is 1. The zero-order chi connectivity index (χ0) is 17.6. The fraction of sp³-hybridized carbons (Fsp3) is 0.632. The maximum Gasteiger partial charge on any atom is 0.251 e. The van der Waals surface area contributed by atoms with Crippen LogP contribution < -0.4 is 5.32 Å². The summed E-state index contributed by atoms with van der Waals surface area (Å²) in [6.07, 6.45) is 2.11. The third-order valence-electron chi connectivity index (χ3n) is 4.74. The van der Waals surface area contributed by atoms with Crippen LogP contribution in [-0.2, 0) is 6.54 Å². The van der Waals surface area contributed by atoms with Crippen LogP contribution in [-0.4, -0.2) is 53.9 Å². The minimum atomic E-state index is -0.309. The van der Waals surface area contributed by atoms with Crippen molar-refractivity contribution in [2.24, 2.45) is 11.3 Å². The van der Waals surface area contributed by atoms with Gasteiger partial charge in [0.2, 0.25) is 0 Å². The molecule has 0 unspecified atom stereocenters. The van der Waals surface area contributed by atoms with Crippen LogP contribution in [0.3, 0.4) is 0 Å². The molecule has 0 radical (unpaired) electrons. The van der Waals surface area contributed by atoms with Crippen molar-refractivity contribution < 1.29 is 15.0 Å². The van der Waals surface area contributed by atoms with Gasteiger partial charge in [-0.1, -0.05) is 26.0 Å². The Morgan fingerprint density at radius 2 is 1.83 bits per heavy atom. The molecular formula is C19H30N2O3. The van der Waals surface area contributed by atoms with Gasteiger partial charge in [-0.3, -0.25) is 9.69 Å². The molecule has 1 aliphatic rings. The fourth-order valence-corrected chi connectivity index (χ4v) is 2.82. The van der Waals surface area contributed by atoms with Crippen molar-refractivity contribution in [3.05, 3.63) is 35.4 Å².